The summed E-state index contributed by atoms with van der Waals surface area (Å²) < 4.78 is 32.2. The van der Waals surface area contributed by atoms with Crippen LogP contribution in [0.5, 0.6) is 0 Å². The minimum Gasteiger partial charge on any atom is -0.381 e. The molecule has 9 heteroatoms. The molecule has 1 aromatic carbocycles. The number of rotatable bonds is 4. The molecule has 2 saturated heterocycles. The van der Waals surface area contributed by atoms with E-state index in [0.717, 1.165) is 18.4 Å². The highest BCUT2D eigenvalue weighted by Gasteiger charge is 2.34. The zero-order valence-corrected chi connectivity index (χ0v) is 17.2. The van der Waals surface area contributed by atoms with E-state index in [1.807, 2.05) is 6.92 Å². The lowest BCUT2D eigenvalue weighted by Gasteiger charge is -2.37. The summed E-state index contributed by atoms with van der Waals surface area (Å²) >= 11 is 0. The molecule has 0 spiro atoms. The first-order valence-corrected chi connectivity index (χ1v) is 10.5. The predicted molar refractivity (Wildman–Crippen MR) is 105 cm³/mol. The summed E-state index contributed by atoms with van der Waals surface area (Å²) in [5.41, 5.74) is 7.19. The molecule has 27 heavy (non-hydrogen) atoms. The average molecular weight is 418 g/mol. The first kappa shape index (κ1) is 22.1. The minimum absolute atomic E-state index is 0. The highest BCUT2D eigenvalue weighted by molar-refractivity contribution is 7.89. The quantitative estimate of drug-likeness (QED) is 0.788. The second-order valence-electron chi connectivity index (χ2n) is 7.02. The number of piperazine rings is 1. The molecule has 0 aliphatic carbocycles. The molecule has 1 atom stereocenters. The van der Waals surface area contributed by atoms with E-state index in [9.17, 15) is 13.2 Å². The molecular formula is C18H28ClN3O4S. The summed E-state index contributed by atoms with van der Waals surface area (Å²) in [4.78, 5) is 14.6. The molecule has 0 aromatic heterocycles. The average Bonchev–Trinajstić information content (AvgIpc) is 2.68. The number of ether oxygens (including phenoxy) is 1. The number of benzene rings is 1. The number of nitrogens with zero attached hydrogens (tertiary/aromatic N) is 2. The molecule has 2 N–H and O–H groups in total. The second-order valence-corrected chi connectivity index (χ2v) is 8.96. The Hall–Kier alpha value is -1.19. The van der Waals surface area contributed by atoms with Crippen molar-refractivity contribution in [2.24, 2.45) is 11.7 Å². The van der Waals surface area contributed by atoms with Crippen molar-refractivity contribution in [3.63, 3.8) is 0 Å². The minimum atomic E-state index is -3.52. The van der Waals surface area contributed by atoms with E-state index in [1.54, 1.807) is 29.2 Å². The van der Waals surface area contributed by atoms with Gasteiger partial charge in [-0.3, -0.25) is 4.79 Å². The zero-order chi connectivity index (χ0) is 18.7. The lowest BCUT2D eigenvalue weighted by molar-refractivity contribution is -0.135. The van der Waals surface area contributed by atoms with Gasteiger partial charge in [-0.2, -0.15) is 4.31 Å². The smallest absolute Gasteiger partial charge is 0.243 e. The van der Waals surface area contributed by atoms with Crippen molar-refractivity contribution >= 4 is 28.3 Å². The molecule has 2 aliphatic heterocycles. The molecule has 0 radical (unpaired) electrons. The fourth-order valence-corrected chi connectivity index (χ4v) is 4.92. The molecular weight excluding hydrogens is 390 g/mol. The van der Waals surface area contributed by atoms with Crippen molar-refractivity contribution < 1.29 is 17.9 Å². The number of sulfonamides is 1. The zero-order valence-electron chi connectivity index (χ0n) is 15.5. The van der Waals surface area contributed by atoms with E-state index in [-0.39, 0.29) is 24.2 Å². The second kappa shape index (κ2) is 9.34. The van der Waals surface area contributed by atoms with Crippen LogP contribution in [-0.4, -0.2) is 69.0 Å². The van der Waals surface area contributed by atoms with Crippen LogP contribution in [0, 0.1) is 12.8 Å². The Balaban J connectivity index is 0.00000261. The van der Waals surface area contributed by atoms with Crippen LogP contribution in [0.1, 0.15) is 18.4 Å². The number of amides is 1. The van der Waals surface area contributed by atoms with Gasteiger partial charge in [0.05, 0.1) is 10.9 Å². The fraction of sp³-hybridized carbons (Fsp3) is 0.611. The van der Waals surface area contributed by atoms with Gasteiger partial charge < -0.3 is 15.4 Å². The van der Waals surface area contributed by atoms with Crippen LogP contribution in [-0.2, 0) is 19.6 Å². The topological polar surface area (TPSA) is 92.9 Å². The number of hydrogen-bond donors (Lipinski definition) is 1. The third-order valence-corrected chi connectivity index (χ3v) is 7.18. The molecule has 7 nitrogen and oxygen atoms in total. The number of halogens is 1. The molecule has 2 aliphatic rings. The largest absolute Gasteiger partial charge is 0.381 e. The molecule has 2 heterocycles. The molecule has 1 unspecified atom stereocenters. The molecule has 1 aromatic rings. The van der Waals surface area contributed by atoms with Crippen molar-refractivity contribution in [2.75, 3.05) is 39.4 Å². The first-order chi connectivity index (χ1) is 12.4. The number of carbonyl (C=O) groups is 1. The standard InChI is InChI=1S/C18H27N3O4S.ClH/c1-14-2-4-16(5-3-14)26(23,24)21-10-8-20(9-11-21)18(22)17(19)15-6-12-25-13-7-15;/h2-5,15,17H,6-13,19H2,1H3;1H. The Kier molecular flexibility index (Phi) is 7.64. The summed E-state index contributed by atoms with van der Waals surface area (Å²) in [5.74, 6) is 0.0647. The maximum absolute atomic E-state index is 12.7. The summed E-state index contributed by atoms with van der Waals surface area (Å²) in [5, 5.41) is 0. The van der Waals surface area contributed by atoms with E-state index in [2.05, 4.69) is 0 Å². The van der Waals surface area contributed by atoms with Gasteiger partial charge in [-0.15, -0.1) is 12.4 Å². The number of hydrogen-bond acceptors (Lipinski definition) is 5. The number of aryl methyl sites for hydroxylation is 1. The SMILES string of the molecule is Cc1ccc(S(=O)(=O)N2CCN(C(=O)C(N)C3CCOCC3)CC2)cc1.Cl. The van der Waals surface area contributed by atoms with Crippen molar-refractivity contribution in [3.8, 4) is 0 Å². The van der Waals surface area contributed by atoms with Crippen molar-refractivity contribution in [1.29, 1.82) is 0 Å². The van der Waals surface area contributed by atoms with Crippen molar-refractivity contribution in [2.45, 2.75) is 30.7 Å². The third-order valence-electron chi connectivity index (χ3n) is 5.27. The Morgan fingerprint density at radius 2 is 1.67 bits per heavy atom. The maximum Gasteiger partial charge on any atom is 0.243 e. The third kappa shape index (κ3) is 5.00. The van der Waals surface area contributed by atoms with Crippen molar-refractivity contribution in [1.82, 2.24) is 9.21 Å². The fourth-order valence-electron chi connectivity index (χ4n) is 3.50. The van der Waals surface area contributed by atoms with Gasteiger partial charge >= 0.3 is 0 Å². The lowest BCUT2D eigenvalue weighted by atomic mass is 9.91. The van der Waals surface area contributed by atoms with E-state index in [4.69, 9.17) is 10.5 Å². The van der Waals surface area contributed by atoms with Gasteiger partial charge in [-0.1, -0.05) is 17.7 Å². The Bertz CT molecular complexity index is 727. The van der Waals surface area contributed by atoms with E-state index in [0.29, 0.717) is 44.3 Å². The van der Waals surface area contributed by atoms with E-state index >= 15 is 0 Å². The van der Waals surface area contributed by atoms with Crippen LogP contribution in [0.2, 0.25) is 0 Å². The Morgan fingerprint density at radius 1 is 1.11 bits per heavy atom. The van der Waals surface area contributed by atoms with Crippen LogP contribution in [0.3, 0.4) is 0 Å². The van der Waals surface area contributed by atoms with Crippen LogP contribution in [0.25, 0.3) is 0 Å². The first-order valence-electron chi connectivity index (χ1n) is 9.08. The lowest BCUT2D eigenvalue weighted by Crippen LogP contribution is -2.56. The molecule has 152 valence electrons. The van der Waals surface area contributed by atoms with Crippen LogP contribution >= 0.6 is 12.4 Å². The maximum atomic E-state index is 12.7. The highest BCUT2D eigenvalue weighted by Crippen LogP contribution is 2.21. The molecule has 0 bridgehead atoms. The number of carbonyl (C=O) groups excluding carboxylic acids is 1. The summed E-state index contributed by atoms with van der Waals surface area (Å²) in [7, 11) is -3.52. The van der Waals surface area contributed by atoms with Crippen LogP contribution < -0.4 is 5.73 Å². The van der Waals surface area contributed by atoms with Crippen LogP contribution in [0.4, 0.5) is 0 Å². The molecule has 0 saturated carbocycles. The van der Waals surface area contributed by atoms with Gasteiger partial charge in [0.15, 0.2) is 0 Å². The monoisotopic (exact) mass is 417 g/mol. The molecule has 2 fully saturated rings. The van der Waals surface area contributed by atoms with Gasteiger partial charge in [0.1, 0.15) is 0 Å². The van der Waals surface area contributed by atoms with E-state index in [1.165, 1.54) is 4.31 Å². The summed E-state index contributed by atoms with van der Waals surface area (Å²) in [6.45, 7) is 4.55. The molecule has 3 rings (SSSR count). The van der Waals surface area contributed by atoms with Gasteiger partial charge in [0.2, 0.25) is 15.9 Å². The number of nitrogens with two attached hydrogens (primary N) is 1. The highest BCUT2D eigenvalue weighted by atomic mass is 35.5. The normalized spacial score (nSPS) is 20.7. The Morgan fingerprint density at radius 3 is 2.22 bits per heavy atom. The van der Waals surface area contributed by atoms with E-state index < -0.39 is 16.1 Å². The van der Waals surface area contributed by atoms with Gasteiger partial charge in [-0.25, -0.2) is 8.42 Å². The molecule has 1 amide bonds. The van der Waals surface area contributed by atoms with Gasteiger partial charge in [0.25, 0.3) is 0 Å². The predicted octanol–water partition coefficient (Wildman–Crippen LogP) is 1.00. The van der Waals surface area contributed by atoms with Gasteiger partial charge in [0, 0.05) is 39.4 Å². The Labute approximate surface area is 167 Å². The van der Waals surface area contributed by atoms with Gasteiger partial charge in [-0.05, 0) is 37.8 Å². The summed E-state index contributed by atoms with van der Waals surface area (Å²) in [6, 6.07) is 6.31. The van der Waals surface area contributed by atoms with Crippen molar-refractivity contribution in [3.05, 3.63) is 29.8 Å². The van der Waals surface area contributed by atoms with Crippen LogP contribution in [0.15, 0.2) is 29.2 Å². The summed E-state index contributed by atoms with van der Waals surface area (Å²) in [6.07, 6.45) is 1.60.